The zero-order chi connectivity index (χ0) is 31.1. The number of unbranched alkanes of at least 4 members (excludes halogenated alkanes) is 1. The molecule has 7 heteroatoms. The molecule has 1 aliphatic carbocycles. The molecule has 0 unspecified atom stereocenters. The lowest BCUT2D eigenvalue weighted by molar-refractivity contribution is -0.130. The average Bonchev–Trinajstić information content (AvgIpc) is 3.05. The van der Waals surface area contributed by atoms with E-state index in [0.29, 0.717) is 23.6 Å². The Balaban J connectivity index is 1.07. The summed E-state index contributed by atoms with van der Waals surface area (Å²) in [6, 6.07) is 21.7. The second-order valence-corrected chi connectivity index (χ2v) is 12.7. The van der Waals surface area contributed by atoms with Gasteiger partial charge in [-0.15, -0.1) is 0 Å². The van der Waals surface area contributed by atoms with Crippen molar-refractivity contribution in [1.29, 1.82) is 5.26 Å². The topological polar surface area (TPSA) is 108 Å². The number of hydrogen-bond acceptors (Lipinski definition) is 5. The van der Waals surface area contributed by atoms with Gasteiger partial charge in [0.05, 0.1) is 11.6 Å². The van der Waals surface area contributed by atoms with Crippen LogP contribution in [0.2, 0.25) is 0 Å². The highest BCUT2D eigenvalue weighted by Gasteiger charge is 2.33. The van der Waals surface area contributed by atoms with Crippen LogP contribution in [0.15, 0.2) is 60.7 Å². The van der Waals surface area contributed by atoms with Gasteiger partial charge in [0, 0.05) is 12.1 Å². The summed E-state index contributed by atoms with van der Waals surface area (Å²) >= 11 is 0. The average molecular weight is 593 g/mol. The smallest absolute Gasteiger partial charge is 0.261 e. The van der Waals surface area contributed by atoms with Gasteiger partial charge in [-0.1, -0.05) is 36.4 Å². The van der Waals surface area contributed by atoms with Crippen LogP contribution in [0.4, 0.5) is 0 Å². The third-order valence-electron chi connectivity index (χ3n) is 9.17. The first-order valence-electron chi connectivity index (χ1n) is 16.0. The van der Waals surface area contributed by atoms with Gasteiger partial charge in [0.2, 0.25) is 0 Å². The molecule has 2 aliphatic rings. The maximum atomic E-state index is 12.7. The van der Waals surface area contributed by atoms with Gasteiger partial charge in [0.25, 0.3) is 11.8 Å². The second kappa shape index (κ2) is 14.1. The molecule has 0 aromatic heterocycles. The molecule has 0 saturated carbocycles. The summed E-state index contributed by atoms with van der Waals surface area (Å²) in [5.41, 5.74) is 11.8. The fraction of sp³-hybridized carbons (Fsp3) is 0.432. The Morgan fingerprint density at radius 3 is 2.27 bits per heavy atom. The number of nitrogens with one attached hydrogen (secondary N) is 1. The van der Waals surface area contributed by atoms with Crippen molar-refractivity contribution in [2.75, 3.05) is 26.2 Å². The highest BCUT2D eigenvalue weighted by Crippen LogP contribution is 2.41. The number of aryl methyl sites for hydroxylation is 1. The van der Waals surface area contributed by atoms with Crippen molar-refractivity contribution >= 4 is 11.8 Å². The van der Waals surface area contributed by atoms with Gasteiger partial charge in [-0.2, -0.15) is 5.26 Å². The molecule has 0 spiro atoms. The number of carbonyl (C=O) groups is 2. The summed E-state index contributed by atoms with van der Waals surface area (Å²) in [6.45, 7) is 7.25. The number of piperidine rings is 1. The van der Waals surface area contributed by atoms with E-state index in [0.717, 1.165) is 81.5 Å². The van der Waals surface area contributed by atoms with Gasteiger partial charge in [0.1, 0.15) is 5.75 Å². The van der Waals surface area contributed by atoms with Crippen molar-refractivity contribution in [3.05, 3.63) is 88.5 Å². The van der Waals surface area contributed by atoms with E-state index in [-0.39, 0.29) is 5.91 Å². The molecule has 0 radical (unpaired) electrons. The zero-order valence-corrected chi connectivity index (χ0v) is 26.0. The summed E-state index contributed by atoms with van der Waals surface area (Å²) in [4.78, 5) is 27.3. The van der Waals surface area contributed by atoms with Crippen molar-refractivity contribution < 1.29 is 14.3 Å². The van der Waals surface area contributed by atoms with Gasteiger partial charge in [0.15, 0.2) is 5.60 Å². The van der Waals surface area contributed by atoms with Crippen LogP contribution in [0.25, 0.3) is 11.1 Å². The van der Waals surface area contributed by atoms with Crippen molar-refractivity contribution in [2.45, 2.75) is 76.7 Å². The Labute approximate surface area is 261 Å². The van der Waals surface area contributed by atoms with Crippen LogP contribution in [0.3, 0.4) is 0 Å². The predicted octanol–water partition coefficient (Wildman–Crippen LogP) is 6.14. The van der Waals surface area contributed by atoms with E-state index in [1.165, 1.54) is 23.1 Å². The van der Waals surface area contributed by atoms with Crippen LogP contribution in [0, 0.1) is 11.3 Å². The first kappa shape index (κ1) is 31.3. The van der Waals surface area contributed by atoms with Crippen LogP contribution in [-0.4, -0.2) is 48.5 Å². The first-order valence-corrected chi connectivity index (χ1v) is 16.0. The largest absolute Gasteiger partial charge is 0.477 e. The zero-order valence-electron chi connectivity index (χ0n) is 26.0. The maximum absolute atomic E-state index is 12.7. The summed E-state index contributed by atoms with van der Waals surface area (Å²) in [5.74, 6) is 0.809. The monoisotopic (exact) mass is 592 g/mol. The minimum absolute atomic E-state index is 0.0558. The lowest BCUT2D eigenvalue weighted by Crippen LogP contribution is -2.44. The van der Waals surface area contributed by atoms with Gasteiger partial charge in [-0.05, 0) is 143 Å². The van der Waals surface area contributed by atoms with E-state index in [1.54, 1.807) is 26.0 Å². The number of likely N-dealkylation sites (tertiary alicyclic amines) is 1. The number of hydrogen-bond donors (Lipinski definition) is 2. The second-order valence-electron chi connectivity index (χ2n) is 12.7. The summed E-state index contributed by atoms with van der Waals surface area (Å²) in [6.07, 6.45) is 8.47. The van der Waals surface area contributed by atoms with Crippen molar-refractivity contribution in [3.8, 4) is 22.9 Å². The Bertz CT molecular complexity index is 1500. The minimum Gasteiger partial charge on any atom is -0.477 e. The van der Waals surface area contributed by atoms with Gasteiger partial charge < -0.3 is 20.7 Å². The number of nitrogens with zero attached hydrogens (tertiary/aromatic N) is 2. The van der Waals surface area contributed by atoms with E-state index in [4.69, 9.17) is 15.7 Å². The van der Waals surface area contributed by atoms with Crippen molar-refractivity contribution in [3.63, 3.8) is 0 Å². The molecule has 1 heterocycles. The minimum atomic E-state index is -1.05. The third-order valence-corrected chi connectivity index (χ3v) is 9.17. The Morgan fingerprint density at radius 2 is 1.61 bits per heavy atom. The molecule has 1 aliphatic heterocycles. The fourth-order valence-electron chi connectivity index (χ4n) is 6.34. The van der Waals surface area contributed by atoms with Gasteiger partial charge in [-0.3, -0.25) is 9.59 Å². The van der Waals surface area contributed by atoms with Crippen LogP contribution in [0.1, 0.15) is 90.9 Å². The lowest BCUT2D eigenvalue weighted by Gasteiger charge is -2.35. The number of ether oxygens (including phenoxy) is 1. The fourth-order valence-corrected chi connectivity index (χ4v) is 6.34. The van der Waals surface area contributed by atoms with E-state index in [1.807, 2.05) is 36.4 Å². The number of rotatable bonds is 11. The number of amides is 2. The molecular formula is C37H44N4O3. The third kappa shape index (κ3) is 7.49. The molecular weight excluding hydrogens is 548 g/mol. The molecule has 7 nitrogen and oxygen atoms in total. The van der Waals surface area contributed by atoms with Crippen LogP contribution in [0.5, 0.6) is 5.75 Å². The van der Waals surface area contributed by atoms with E-state index in [9.17, 15) is 9.59 Å². The van der Waals surface area contributed by atoms with E-state index >= 15 is 0 Å². The Morgan fingerprint density at radius 1 is 0.955 bits per heavy atom. The van der Waals surface area contributed by atoms with E-state index < -0.39 is 11.5 Å². The molecule has 2 amide bonds. The number of nitrogens with two attached hydrogens (primary N) is 1. The summed E-state index contributed by atoms with van der Waals surface area (Å²) in [7, 11) is 0. The van der Waals surface area contributed by atoms with Gasteiger partial charge in [-0.25, -0.2) is 0 Å². The SMILES string of the molecule is CC(C)(Oc1c(C2CCN(CCCCNC(=O)c3ccc(-c4ccc(C#N)cc4)cc3)CC2)ccc2c1CCCC2)C(N)=O. The Kier molecular flexibility index (Phi) is 10.0. The molecule has 44 heavy (non-hydrogen) atoms. The molecule has 3 aromatic carbocycles. The number of primary amides is 1. The number of benzene rings is 3. The van der Waals surface area contributed by atoms with Crippen LogP contribution in [-0.2, 0) is 17.6 Å². The number of nitriles is 1. The van der Waals surface area contributed by atoms with Crippen molar-refractivity contribution in [1.82, 2.24) is 10.2 Å². The molecule has 3 N–H and O–H groups in total. The maximum Gasteiger partial charge on any atom is 0.261 e. The molecule has 3 aromatic rings. The molecule has 1 saturated heterocycles. The van der Waals surface area contributed by atoms with E-state index in [2.05, 4.69) is 28.4 Å². The molecule has 1 fully saturated rings. The molecule has 0 bridgehead atoms. The van der Waals surface area contributed by atoms with Gasteiger partial charge >= 0.3 is 0 Å². The molecule has 5 rings (SSSR count). The highest BCUT2D eigenvalue weighted by atomic mass is 16.5. The first-order chi connectivity index (χ1) is 21.2. The predicted molar refractivity (Wildman–Crippen MR) is 174 cm³/mol. The quantitative estimate of drug-likeness (QED) is 0.260. The lowest BCUT2D eigenvalue weighted by atomic mass is 9.83. The van der Waals surface area contributed by atoms with Crippen LogP contribution < -0.4 is 15.8 Å². The van der Waals surface area contributed by atoms with Crippen molar-refractivity contribution in [2.24, 2.45) is 5.73 Å². The highest BCUT2D eigenvalue weighted by molar-refractivity contribution is 5.94. The van der Waals surface area contributed by atoms with Crippen LogP contribution >= 0.6 is 0 Å². The standard InChI is InChI=1S/C37H44N4O3/c1-37(2,36(39)43)44-34-32-8-4-3-7-29(32)17-18-33(34)30-19-23-41(24-20-30)22-6-5-21-40-35(42)31-15-13-28(14-16-31)27-11-9-26(25-38)10-12-27/h9-18,30H,3-8,19-24H2,1-2H3,(H2,39,43)(H,40,42). The molecule has 230 valence electrons. The summed E-state index contributed by atoms with van der Waals surface area (Å²) in [5, 5.41) is 12.0. The Hall–Kier alpha value is -4.15. The molecule has 0 atom stereocenters. The number of carbonyl (C=O) groups excluding carboxylic acids is 2. The summed E-state index contributed by atoms with van der Waals surface area (Å²) < 4.78 is 6.42. The number of fused-ring (bicyclic) bond motifs is 1. The normalized spacial score (nSPS) is 15.7.